The Kier molecular flexibility index (Phi) is 6.06. The molecule has 156 valence electrons. The second kappa shape index (κ2) is 8.54. The van der Waals surface area contributed by atoms with Crippen molar-refractivity contribution < 1.29 is 18.7 Å². The molecule has 2 aromatic carbocycles. The third-order valence-electron chi connectivity index (χ3n) is 5.60. The van der Waals surface area contributed by atoms with Crippen molar-refractivity contribution >= 4 is 12.0 Å². The van der Waals surface area contributed by atoms with Gasteiger partial charge >= 0.3 is 6.09 Å². The van der Waals surface area contributed by atoms with Crippen molar-refractivity contribution in [2.75, 3.05) is 13.1 Å². The summed E-state index contributed by atoms with van der Waals surface area (Å²) in [6.07, 6.45) is 0.0270. The molecule has 3 rings (SSSR count). The largest absolute Gasteiger partial charge is 0.410 e. The second-order valence-electron chi connectivity index (χ2n) is 7.50. The third kappa shape index (κ3) is 4.28. The Labute approximate surface area is 175 Å². The monoisotopic (exact) mass is 409 g/mol. The number of nitriles is 1. The number of hydrogen-bond acceptors (Lipinski definition) is 4. The molecule has 1 heterocycles. The van der Waals surface area contributed by atoms with Crippen LogP contribution in [-0.4, -0.2) is 30.0 Å². The standard InChI is InChI=1S/C23H24FN3O3/c1-3-17-12-15(2)20(30-22(26)29)13-19(17)21(28)27-10-8-23(24,9-11-27)18-6-4-16(14-25)5-7-18/h4-7,12-13H,3,8-11H2,1-2H3,(H2,26,29). The number of benzene rings is 2. The average Bonchev–Trinajstić information content (AvgIpc) is 2.74. The highest BCUT2D eigenvalue weighted by Crippen LogP contribution is 2.37. The Morgan fingerprint density at radius 1 is 1.23 bits per heavy atom. The fourth-order valence-corrected chi connectivity index (χ4v) is 3.82. The summed E-state index contributed by atoms with van der Waals surface area (Å²) in [5.74, 6) is 0.0283. The van der Waals surface area contributed by atoms with Crippen LogP contribution in [0.5, 0.6) is 5.75 Å². The van der Waals surface area contributed by atoms with Crippen LogP contribution in [0.15, 0.2) is 36.4 Å². The fraction of sp³-hybridized carbons (Fsp3) is 0.348. The van der Waals surface area contributed by atoms with Crippen molar-refractivity contribution in [3.8, 4) is 11.8 Å². The molecule has 0 atom stereocenters. The Bertz CT molecular complexity index is 1000. The number of carbonyl (C=O) groups excluding carboxylic acids is 2. The second-order valence-corrected chi connectivity index (χ2v) is 7.50. The van der Waals surface area contributed by atoms with Crippen molar-refractivity contribution in [3.63, 3.8) is 0 Å². The van der Waals surface area contributed by atoms with Gasteiger partial charge in [-0.05, 0) is 48.2 Å². The molecule has 2 aromatic rings. The summed E-state index contributed by atoms with van der Waals surface area (Å²) in [5, 5.41) is 8.91. The number of ether oxygens (including phenoxy) is 1. The summed E-state index contributed by atoms with van der Waals surface area (Å²) in [4.78, 5) is 25.9. The van der Waals surface area contributed by atoms with E-state index in [0.29, 0.717) is 28.7 Å². The number of nitrogens with two attached hydrogens (primary N) is 1. The number of piperidine rings is 1. The summed E-state index contributed by atoms with van der Waals surface area (Å²) in [7, 11) is 0. The Morgan fingerprint density at radius 2 is 1.87 bits per heavy atom. The minimum atomic E-state index is -1.54. The first-order valence-corrected chi connectivity index (χ1v) is 9.87. The summed E-state index contributed by atoms with van der Waals surface area (Å²) < 4.78 is 20.5. The molecule has 1 aliphatic heterocycles. The molecule has 1 aliphatic rings. The molecular formula is C23H24FN3O3. The molecule has 6 nitrogen and oxygen atoms in total. The molecule has 0 radical (unpaired) electrons. The van der Waals surface area contributed by atoms with Gasteiger partial charge in [0.05, 0.1) is 11.6 Å². The highest BCUT2D eigenvalue weighted by Gasteiger charge is 2.38. The molecule has 0 aliphatic carbocycles. The average molecular weight is 409 g/mol. The first-order chi connectivity index (χ1) is 14.3. The van der Waals surface area contributed by atoms with Crippen molar-refractivity contribution in [2.45, 2.75) is 38.8 Å². The van der Waals surface area contributed by atoms with E-state index in [0.717, 1.165) is 5.56 Å². The summed E-state index contributed by atoms with van der Waals surface area (Å²) in [6.45, 7) is 4.24. The van der Waals surface area contributed by atoms with Crippen molar-refractivity contribution in [3.05, 3.63) is 64.2 Å². The van der Waals surface area contributed by atoms with Gasteiger partial charge in [-0.25, -0.2) is 9.18 Å². The lowest BCUT2D eigenvalue weighted by Gasteiger charge is -2.37. The topological polar surface area (TPSA) is 96.4 Å². The molecule has 7 heteroatoms. The number of aryl methyl sites for hydroxylation is 2. The van der Waals surface area contributed by atoms with Gasteiger partial charge in [0.15, 0.2) is 0 Å². The number of hydrogen-bond donors (Lipinski definition) is 1. The van der Waals surface area contributed by atoms with Crippen LogP contribution in [-0.2, 0) is 12.1 Å². The van der Waals surface area contributed by atoms with Crippen molar-refractivity contribution in [2.24, 2.45) is 5.73 Å². The molecule has 0 aromatic heterocycles. The number of nitrogens with zero attached hydrogens (tertiary/aromatic N) is 2. The number of amides is 2. The SMILES string of the molecule is CCc1cc(C)c(OC(N)=O)cc1C(=O)N1CCC(F)(c2ccc(C#N)cc2)CC1. The van der Waals surface area contributed by atoms with Gasteiger partial charge in [-0.2, -0.15) is 5.26 Å². The van der Waals surface area contributed by atoms with Crippen LogP contribution in [0.4, 0.5) is 9.18 Å². The van der Waals surface area contributed by atoms with Gasteiger partial charge in [-0.1, -0.05) is 25.1 Å². The lowest BCUT2D eigenvalue weighted by Crippen LogP contribution is -2.43. The predicted molar refractivity (Wildman–Crippen MR) is 110 cm³/mol. The quantitative estimate of drug-likeness (QED) is 0.826. The van der Waals surface area contributed by atoms with Crippen LogP contribution < -0.4 is 10.5 Å². The van der Waals surface area contributed by atoms with E-state index in [1.54, 1.807) is 42.2 Å². The minimum absolute atomic E-state index is 0.169. The van der Waals surface area contributed by atoms with E-state index < -0.39 is 11.8 Å². The van der Waals surface area contributed by atoms with Gasteiger partial charge in [0.1, 0.15) is 11.4 Å². The van der Waals surface area contributed by atoms with Crippen LogP contribution in [0.2, 0.25) is 0 Å². The molecule has 2 N–H and O–H groups in total. The number of alkyl halides is 1. The summed E-state index contributed by atoms with van der Waals surface area (Å²) in [5.41, 5.74) is 6.57. The van der Waals surface area contributed by atoms with E-state index in [9.17, 15) is 9.59 Å². The van der Waals surface area contributed by atoms with E-state index in [1.807, 2.05) is 19.1 Å². The lowest BCUT2D eigenvalue weighted by molar-refractivity contribution is 0.0420. The smallest absolute Gasteiger partial charge is 0.409 e. The van der Waals surface area contributed by atoms with Gasteiger partial charge in [0, 0.05) is 31.5 Å². The maximum Gasteiger partial charge on any atom is 0.409 e. The van der Waals surface area contributed by atoms with E-state index in [2.05, 4.69) is 0 Å². The first-order valence-electron chi connectivity index (χ1n) is 9.87. The van der Waals surface area contributed by atoms with Gasteiger partial charge in [0.25, 0.3) is 5.91 Å². The van der Waals surface area contributed by atoms with Crippen molar-refractivity contribution in [1.82, 2.24) is 4.90 Å². The lowest BCUT2D eigenvalue weighted by atomic mass is 9.85. The zero-order chi connectivity index (χ0) is 21.9. The molecule has 1 fully saturated rings. The molecule has 1 saturated heterocycles. The number of carbonyl (C=O) groups is 2. The minimum Gasteiger partial charge on any atom is -0.410 e. The number of halogens is 1. The normalized spacial score (nSPS) is 15.3. The van der Waals surface area contributed by atoms with E-state index in [4.69, 9.17) is 15.7 Å². The number of rotatable bonds is 4. The predicted octanol–water partition coefficient (Wildman–Crippen LogP) is 3.99. The molecule has 0 bridgehead atoms. The van der Waals surface area contributed by atoms with E-state index in [1.165, 1.54) is 0 Å². The zero-order valence-electron chi connectivity index (χ0n) is 17.1. The molecule has 0 saturated carbocycles. The highest BCUT2D eigenvalue weighted by atomic mass is 19.1. The summed E-state index contributed by atoms with van der Waals surface area (Å²) in [6, 6.07) is 11.9. The Hall–Kier alpha value is -3.40. The van der Waals surface area contributed by atoms with Crippen LogP contribution in [0.3, 0.4) is 0 Å². The number of likely N-dealkylation sites (tertiary alicyclic amines) is 1. The van der Waals surface area contributed by atoms with Gasteiger partial charge in [-0.3, -0.25) is 4.79 Å². The van der Waals surface area contributed by atoms with Crippen LogP contribution >= 0.6 is 0 Å². The molecule has 2 amide bonds. The molecule has 30 heavy (non-hydrogen) atoms. The van der Waals surface area contributed by atoms with Crippen LogP contribution in [0, 0.1) is 18.3 Å². The molecular weight excluding hydrogens is 385 g/mol. The van der Waals surface area contributed by atoms with Gasteiger partial charge in [0.2, 0.25) is 0 Å². The van der Waals surface area contributed by atoms with Gasteiger partial charge < -0.3 is 15.4 Å². The maximum atomic E-state index is 15.5. The van der Waals surface area contributed by atoms with Crippen LogP contribution in [0.1, 0.15) is 52.4 Å². The molecule has 0 unspecified atom stereocenters. The Morgan fingerprint density at radius 3 is 2.40 bits per heavy atom. The maximum absolute atomic E-state index is 15.5. The fourth-order valence-electron chi connectivity index (χ4n) is 3.82. The first kappa shape index (κ1) is 21.3. The number of primary amides is 1. The van der Waals surface area contributed by atoms with E-state index in [-0.39, 0.29) is 37.6 Å². The third-order valence-corrected chi connectivity index (χ3v) is 5.60. The zero-order valence-corrected chi connectivity index (χ0v) is 17.1. The van der Waals surface area contributed by atoms with E-state index >= 15 is 4.39 Å². The molecule has 0 spiro atoms. The Balaban J connectivity index is 1.79. The van der Waals surface area contributed by atoms with Crippen molar-refractivity contribution in [1.29, 1.82) is 5.26 Å². The summed E-state index contributed by atoms with van der Waals surface area (Å²) >= 11 is 0. The highest BCUT2D eigenvalue weighted by molar-refractivity contribution is 5.96. The van der Waals surface area contributed by atoms with Crippen LogP contribution in [0.25, 0.3) is 0 Å². The van der Waals surface area contributed by atoms with Gasteiger partial charge in [-0.15, -0.1) is 0 Å².